The van der Waals surface area contributed by atoms with Crippen LogP contribution in [-0.2, 0) is 10.5 Å². The first kappa shape index (κ1) is 20.3. The number of halogens is 1. The monoisotopic (exact) mass is 375 g/mol. The molecule has 0 bridgehead atoms. The predicted molar refractivity (Wildman–Crippen MR) is 106 cm³/mol. The van der Waals surface area contributed by atoms with E-state index in [1.54, 1.807) is 23.9 Å². The number of amides is 1. The molecule has 1 amide bonds. The number of benzene rings is 2. The summed E-state index contributed by atoms with van der Waals surface area (Å²) in [6.45, 7) is 6.48. The molecule has 0 aliphatic rings. The molecule has 1 atom stereocenters. The van der Waals surface area contributed by atoms with E-state index < -0.39 is 6.10 Å². The largest absolute Gasteiger partial charge is 0.480 e. The molecular weight excluding hydrogens is 349 g/mol. The fourth-order valence-electron chi connectivity index (χ4n) is 2.49. The van der Waals surface area contributed by atoms with Crippen molar-refractivity contribution in [3.05, 3.63) is 65.0 Å². The van der Waals surface area contributed by atoms with Gasteiger partial charge in [0.1, 0.15) is 11.6 Å². The normalized spacial score (nSPS) is 11.8. The van der Waals surface area contributed by atoms with Gasteiger partial charge in [0.25, 0.3) is 5.91 Å². The molecule has 1 N–H and O–H groups in total. The van der Waals surface area contributed by atoms with Crippen LogP contribution in [0, 0.1) is 19.7 Å². The molecule has 0 radical (unpaired) electrons. The number of rotatable bonds is 9. The van der Waals surface area contributed by atoms with E-state index in [1.165, 1.54) is 6.07 Å². The summed E-state index contributed by atoms with van der Waals surface area (Å²) in [5.41, 5.74) is 2.88. The molecule has 0 aliphatic heterocycles. The summed E-state index contributed by atoms with van der Waals surface area (Å²) in [6.07, 6.45) is 0.0914. The van der Waals surface area contributed by atoms with Gasteiger partial charge < -0.3 is 10.1 Å². The molecular formula is C21H26FNO2S. The predicted octanol–water partition coefficient (Wildman–Crippen LogP) is 4.65. The highest BCUT2D eigenvalue weighted by atomic mass is 32.2. The molecule has 0 fully saturated rings. The van der Waals surface area contributed by atoms with Crippen molar-refractivity contribution >= 4 is 17.7 Å². The molecule has 0 aliphatic carbocycles. The van der Waals surface area contributed by atoms with Crippen LogP contribution in [0.25, 0.3) is 0 Å². The van der Waals surface area contributed by atoms with Gasteiger partial charge in [0, 0.05) is 18.1 Å². The summed E-state index contributed by atoms with van der Waals surface area (Å²) in [6, 6.07) is 12.6. The smallest absolute Gasteiger partial charge is 0.261 e. The third kappa shape index (κ3) is 5.77. The number of carbonyl (C=O) groups excluding carboxylic acids is 1. The maximum Gasteiger partial charge on any atom is 0.261 e. The van der Waals surface area contributed by atoms with Crippen LogP contribution in [0.1, 0.15) is 30.0 Å². The first-order valence-corrected chi connectivity index (χ1v) is 10.00. The minimum absolute atomic E-state index is 0.111. The highest BCUT2D eigenvalue weighted by Crippen LogP contribution is 2.22. The van der Waals surface area contributed by atoms with Crippen molar-refractivity contribution in [2.45, 2.75) is 39.0 Å². The van der Waals surface area contributed by atoms with E-state index in [-0.39, 0.29) is 11.7 Å². The molecule has 0 saturated heterocycles. The molecule has 0 heterocycles. The Morgan fingerprint density at radius 2 is 1.96 bits per heavy atom. The van der Waals surface area contributed by atoms with E-state index in [0.717, 1.165) is 22.6 Å². The Bertz CT molecular complexity index is 736. The summed E-state index contributed by atoms with van der Waals surface area (Å²) >= 11 is 1.59. The molecule has 0 spiro atoms. The lowest BCUT2D eigenvalue weighted by molar-refractivity contribution is -0.128. The molecule has 140 valence electrons. The van der Waals surface area contributed by atoms with Gasteiger partial charge in [-0.3, -0.25) is 4.79 Å². The Morgan fingerprint density at radius 3 is 2.69 bits per heavy atom. The summed E-state index contributed by atoms with van der Waals surface area (Å²) in [5.74, 6) is 1.77. The molecule has 2 aromatic carbocycles. The van der Waals surface area contributed by atoms with Crippen LogP contribution in [0.15, 0.2) is 42.5 Å². The lowest BCUT2D eigenvalue weighted by Gasteiger charge is -2.19. The van der Waals surface area contributed by atoms with Crippen molar-refractivity contribution in [3.8, 4) is 5.75 Å². The van der Waals surface area contributed by atoms with Crippen LogP contribution < -0.4 is 10.1 Å². The second-order valence-corrected chi connectivity index (χ2v) is 7.25. The maximum absolute atomic E-state index is 13.5. The summed E-state index contributed by atoms with van der Waals surface area (Å²) < 4.78 is 19.5. The van der Waals surface area contributed by atoms with Gasteiger partial charge in [0.15, 0.2) is 6.10 Å². The minimum Gasteiger partial charge on any atom is -0.480 e. The number of nitrogens with one attached hydrogen (secondary N) is 1. The van der Waals surface area contributed by atoms with E-state index in [1.807, 2.05) is 45.0 Å². The first-order valence-electron chi connectivity index (χ1n) is 8.84. The molecule has 0 unspecified atom stereocenters. The van der Waals surface area contributed by atoms with Crippen LogP contribution in [0.2, 0.25) is 0 Å². The molecule has 26 heavy (non-hydrogen) atoms. The fourth-order valence-corrected chi connectivity index (χ4v) is 3.33. The zero-order valence-electron chi connectivity index (χ0n) is 15.5. The van der Waals surface area contributed by atoms with Gasteiger partial charge in [-0.15, -0.1) is 0 Å². The SMILES string of the molecule is CC[C@@H](Oc1cccc(C)c1C)C(=O)NCCSCc1ccccc1F. The van der Waals surface area contributed by atoms with Crippen molar-refractivity contribution in [2.24, 2.45) is 0 Å². The van der Waals surface area contributed by atoms with Crippen LogP contribution in [0.5, 0.6) is 5.75 Å². The van der Waals surface area contributed by atoms with Gasteiger partial charge in [-0.25, -0.2) is 4.39 Å². The fraction of sp³-hybridized carbons (Fsp3) is 0.381. The zero-order valence-corrected chi connectivity index (χ0v) is 16.4. The number of hydrogen-bond acceptors (Lipinski definition) is 3. The van der Waals surface area contributed by atoms with Crippen molar-refractivity contribution in [1.82, 2.24) is 5.32 Å². The third-order valence-corrected chi connectivity index (χ3v) is 5.26. The lowest BCUT2D eigenvalue weighted by atomic mass is 10.1. The van der Waals surface area contributed by atoms with Gasteiger partial charge in [-0.05, 0) is 49.1 Å². The average Bonchev–Trinajstić information content (AvgIpc) is 2.64. The van der Waals surface area contributed by atoms with Crippen molar-refractivity contribution in [2.75, 3.05) is 12.3 Å². The summed E-state index contributed by atoms with van der Waals surface area (Å²) in [4.78, 5) is 12.4. The zero-order chi connectivity index (χ0) is 18.9. The summed E-state index contributed by atoms with van der Waals surface area (Å²) in [7, 11) is 0. The molecule has 5 heteroatoms. The van der Waals surface area contributed by atoms with Gasteiger partial charge in [0.2, 0.25) is 0 Å². The van der Waals surface area contributed by atoms with E-state index in [2.05, 4.69) is 5.32 Å². The van der Waals surface area contributed by atoms with Crippen molar-refractivity contribution < 1.29 is 13.9 Å². The number of hydrogen-bond donors (Lipinski definition) is 1. The Hall–Kier alpha value is -2.01. The van der Waals surface area contributed by atoms with E-state index in [4.69, 9.17) is 4.74 Å². The topological polar surface area (TPSA) is 38.3 Å². The Morgan fingerprint density at radius 1 is 1.19 bits per heavy atom. The van der Waals surface area contributed by atoms with Crippen LogP contribution in [0.4, 0.5) is 4.39 Å². The van der Waals surface area contributed by atoms with Crippen molar-refractivity contribution in [1.29, 1.82) is 0 Å². The highest BCUT2D eigenvalue weighted by Gasteiger charge is 2.19. The third-order valence-electron chi connectivity index (χ3n) is 4.25. The molecule has 0 aromatic heterocycles. The van der Waals surface area contributed by atoms with E-state index >= 15 is 0 Å². The van der Waals surface area contributed by atoms with Gasteiger partial charge in [0.05, 0.1) is 0 Å². The van der Waals surface area contributed by atoms with E-state index in [9.17, 15) is 9.18 Å². The first-order chi connectivity index (χ1) is 12.5. The molecule has 0 saturated carbocycles. The quantitative estimate of drug-likeness (QED) is 0.649. The van der Waals surface area contributed by atoms with Gasteiger partial charge in [-0.2, -0.15) is 11.8 Å². The number of thioether (sulfide) groups is 1. The Balaban J connectivity index is 1.76. The second kappa shape index (κ2) is 10.2. The van der Waals surface area contributed by atoms with Crippen molar-refractivity contribution in [3.63, 3.8) is 0 Å². The van der Waals surface area contributed by atoms with Crippen LogP contribution >= 0.6 is 11.8 Å². The summed E-state index contributed by atoms with van der Waals surface area (Å²) in [5, 5.41) is 2.91. The van der Waals surface area contributed by atoms with Gasteiger partial charge in [-0.1, -0.05) is 37.3 Å². The van der Waals surface area contributed by atoms with Crippen LogP contribution in [0.3, 0.4) is 0 Å². The minimum atomic E-state index is -0.507. The second-order valence-electron chi connectivity index (χ2n) is 6.15. The van der Waals surface area contributed by atoms with E-state index in [0.29, 0.717) is 24.3 Å². The maximum atomic E-state index is 13.5. The highest BCUT2D eigenvalue weighted by molar-refractivity contribution is 7.98. The number of carbonyl (C=O) groups is 1. The Kier molecular flexibility index (Phi) is 7.98. The number of aryl methyl sites for hydroxylation is 1. The molecule has 3 nitrogen and oxygen atoms in total. The molecule has 2 aromatic rings. The molecule has 2 rings (SSSR count). The van der Waals surface area contributed by atoms with Gasteiger partial charge >= 0.3 is 0 Å². The Labute approximate surface area is 159 Å². The number of ether oxygens (including phenoxy) is 1. The average molecular weight is 376 g/mol. The lowest BCUT2D eigenvalue weighted by Crippen LogP contribution is -2.39. The standard InChI is InChI=1S/C21H26FNO2S/c1-4-19(25-20-11-7-8-15(2)16(20)3)21(24)23-12-13-26-14-17-9-5-6-10-18(17)22/h5-11,19H,4,12-14H2,1-3H3,(H,23,24)/t19-/m1/s1. The van der Waals surface area contributed by atoms with Crippen LogP contribution in [-0.4, -0.2) is 24.3 Å².